The Labute approximate surface area is 63.3 Å². The molecule has 1 rings (SSSR count). The molecular formula is C7H6F2S. The molecule has 0 aromatic heterocycles. The Bertz CT molecular complexity index is 235. The molecule has 0 amide bonds. The van der Waals surface area contributed by atoms with Gasteiger partial charge in [-0.1, -0.05) is 0 Å². The highest BCUT2D eigenvalue weighted by molar-refractivity contribution is 7.80. The van der Waals surface area contributed by atoms with Gasteiger partial charge in [-0.25, -0.2) is 8.78 Å². The summed E-state index contributed by atoms with van der Waals surface area (Å²) < 4.78 is 25.0. The van der Waals surface area contributed by atoms with E-state index in [9.17, 15) is 8.78 Å². The predicted molar refractivity (Wildman–Crippen MR) is 38.3 cm³/mol. The minimum Gasteiger partial charge on any atom is -0.206 e. The third-order valence-electron chi connectivity index (χ3n) is 1.16. The molecule has 0 fully saturated rings. The van der Waals surface area contributed by atoms with Gasteiger partial charge in [-0.15, -0.1) is 12.6 Å². The Hall–Kier alpha value is -0.570. The van der Waals surface area contributed by atoms with Crippen molar-refractivity contribution in [2.24, 2.45) is 0 Å². The number of halogens is 2. The molecule has 0 spiro atoms. The second-order valence-electron chi connectivity index (χ2n) is 2.08. The van der Waals surface area contributed by atoms with E-state index in [0.29, 0.717) is 5.56 Å². The van der Waals surface area contributed by atoms with Gasteiger partial charge in [0.2, 0.25) is 0 Å². The van der Waals surface area contributed by atoms with Crippen molar-refractivity contribution in [1.29, 1.82) is 0 Å². The molecule has 0 unspecified atom stereocenters. The number of aryl methyl sites for hydroxylation is 1. The van der Waals surface area contributed by atoms with Gasteiger partial charge in [0.1, 0.15) is 11.6 Å². The highest BCUT2D eigenvalue weighted by atomic mass is 32.1. The molecule has 0 saturated heterocycles. The average molecular weight is 160 g/mol. The molecular weight excluding hydrogens is 154 g/mol. The van der Waals surface area contributed by atoms with Crippen molar-refractivity contribution in [1.82, 2.24) is 0 Å². The zero-order valence-corrected chi connectivity index (χ0v) is 6.25. The maximum absolute atomic E-state index is 12.5. The maximum atomic E-state index is 12.5. The fourth-order valence-electron chi connectivity index (χ4n) is 0.692. The number of hydrogen-bond donors (Lipinski definition) is 1. The second kappa shape index (κ2) is 2.58. The topological polar surface area (TPSA) is 0 Å². The maximum Gasteiger partial charge on any atom is 0.139 e. The summed E-state index contributed by atoms with van der Waals surface area (Å²) in [4.78, 5) is -0.217. The van der Waals surface area contributed by atoms with Crippen molar-refractivity contribution < 1.29 is 8.78 Å². The Balaban J connectivity index is 3.31. The molecule has 0 saturated carbocycles. The summed E-state index contributed by atoms with van der Waals surface area (Å²) in [6, 6.07) is 2.48. The van der Waals surface area contributed by atoms with Gasteiger partial charge < -0.3 is 0 Å². The molecule has 1 aromatic rings. The summed E-state index contributed by atoms with van der Waals surface area (Å²) in [6.07, 6.45) is 0. The van der Waals surface area contributed by atoms with E-state index in [-0.39, 0.29) is 4.90 Å². The van der Waals surface area contributed by atoms with E-state index in [4.69, 9.17) is 0 Å². The highest BCUT2D eigenvalue weighted by Gasteiger charge is 2.03. The van der Waals surface area contributed by atoms with Gasteiger partial charge in [0.25, 0.3) is 0 Å². The lowest BCUT2D eigenvalue weighted by molar-refractivity contribution is 0.540. The van der Waals surface area contributed by atoms with E-state index in [0.717, 1.165) is 0 Å². The van der Waals surface area contributed by atoms with Gasteiger partial charge in [0, 0.05) is 0 Å². The van der Waals surface area contributed by atoms with E-state index in [1.54, 1.807) is 6.92 Å². The van der Waals surface area contributed by atoms with Crippen LogP contribution in [0.5, 0.6) is 0 Å². The van der Waals surface area contributed by atoms with Gasteiger partial charge >= 0.3 is 0 Å². The molecule has 54 valence electrons. The minimum absolute atomic E-state index is 0.217. The third kappa shape index (κ3) is 1.29. The van der Waals surface area contributed by atoms with Crippen molar-refractivity contribution in [2.75, 3.05) is 0 Å². The molecule has 3 heteroatoms. The summed E-state index contributed by atoms with van der Waals surface area (Å²) in [5.74, 6) is -1.22. The molecule has 0 radical (unpaired) electrons. The van der Waals surface area contributed by atoms with Gasteiger partial charge in [-0.3, -0.25) is 0 Å². The lowest BCUT2D eigenvalue weighted by Gasteiger charge is -1.97. The molecule has 0 aliphatic heterocycles. The van der Waals surface area contributed by atoms with Gasteiger partial charge in [0.15, 0.2) is 0 Å². The molecule has 0 aliphatic rings. The van der Waals surface area contributed by atoms with Crippen molar-refractivity contribution in [3.8, 4) is 0 Å². The van der Waals surface area contributed by atoms with Crippen LogP contribution in [0.15, 0.2) is 17.0 Å². The van der Waals surface area contributed by atoms with Crippen LogP contribution in [0.1, 0.15) is 5.56 Å². The standard InChI is InChI=1S/C7H6F2S/c1-4-2-5(8)7(10)6(9)3-4/h2-3,10H,1H3. The Morgan fingerprint density at radius 2 is 1.60 bits per heavy atom. The van der Waals surface area contributed by atoms with Gasteiger partial charge in [-0.2, -0.15) is 0 Å². The lowest BCUT2D eigenvalue weighted by atomic mass is 10.2. The fourth-order valence-corrected chi connectivity index (χ4v) is 0.821. The summed E-state index contributed by atoms with van der Waals surface area (Å²) >= 11 is 3.61. The lowest BCUT2D eigenvalue weighted by Crippen LogP contribution is -1.85. The van der Waals surface area contributed by atoms with Crippen LogP contribution in [-0.2, 0) is 0 Å². The van der Waals surface area contributed by atoms with Crippen molar-refractivity contribution in [2.45, 2.75) is 11.8 Å². The zero-order valence-electron chi connectivity index (χ0n) is 5.36. The Morgan fingerprint density at radius 3 is 2.00 bits per heavy atom. The van der Waals surface area contributed by atoms with Crippen LogP contribution in [0.25, 0.3) is 0 Å². The van der Waals surface area contributed by atoms with Crippen molar-refractivity contribution >= 4 is 12.6 Å². The third-order valence-corrected chi connectivity index (χ3v) is 1.59. The minimum atomic E-state index is -0.610. The van der Waals surface area contributed by atoms with Crippen LogP contribution < -0.4 is 0 Å². The first kappa shape index (κ1) is 7.54. The summed E-state index contributed by atoms with van der Waals surface area (Å²) in [7, 11) is 0. The first-order chi connectivity index (χ1) is 4.61. The molecule has 0 heterocycles. The summed E-state index contributed by atoms with van der Waals surface area (Å²) in [5, 5.41) is 0. The van der Waals surface area contributed by atoms with Crippen molar-refractivity contribution in [3.05, 3.63) is 29.3 Å². The number of rotatable bonds is 0. The first-order valence-corrected chi connectivity index (χ1v) is 3.20. The highest BCUT2D eigenvalue weighted by Crippen LogP contribution is 2.17. The van der Waals surface area contributed by atoms with E-state index >= 15 is 0 Å². The average Bonchev–Trinajstić information content (AvgIpc) is 1.82. The smallest absolute Gasteiger partial charge is 0.139 e. The van der Waals surface area contributed by atoms with Crippen molar-refractivity contribution in [3.63, 3.8) is 0 Å². The monoisotopic (exact) mass is 160 g/mol. The number of hydrogen-bond acceptors (Lipinski definition) is 1. The Kier molecular flexibility index (Phi) is 1.94. The second-order valence-corrected chi connectivity index (χ2v) is 2.52. The summed E-state index contributed by atoms with van der Waals surface area (Å²) in [5.41, 5.74) is 0.563. The van der Waals surface area contributed by atoms with Crippen LogP contribution in [0.3, 0.4) is 0 Å². The number of thiol groups is 1. The van der Waals surface area contributed by atoms with Crippen LogP contribution in [0, 0.1) is 18.6 Å². The van der Waals surface area contributed by atoms with Gasteiger partial charge in [-0.05, 0) is 24.6 Å². The number of benzene rings is 1. The first-order valence-electron chi connectivity index (χ1n) is 2.76. The SMILES string of the molecule is Cc1cc(F)c(S)c(F)c1. The molecule has 0 N–H and O–H groups in total. The van der Waals surface area contributed by atoms with E-state index < -0.39 is 11.6 Å². The van der Waals surface area contributed by atoms with Crippen LogP contribution in [0.4, 0.5) is 8.78 Å². The van der Waals surface area contributed by atoms with Crippen LogP contribution in [0.2, 0.25) is 0 Å². The van der Waals surface area contributed by atoms with Crippen LogP contribution in [-0.4, -0.2) is 0 Å². The zero-order chi connectivity index (χ0) is 7.72. The molecule has 0 atom stereocenters. The molecule has 0 aliphatic carbocycles. The van der Waals surface area contributed by atoms with E-state index in [1.165, 1.54) is 12.1 Å². The van der Waals surface area contributed by atoms with E-state index in [2.05, 4.69) is 12.6 Å². The molecule has 0 nitrogen and oxygen atoms in total. The largest absolute Gasteiger partial charge is 0.206 e. The quantitative estimate of drug-likeness (QED) is 0.554. The van der Waals surface area contributed by atoms with Crippen LogP contribution >= 0.6 is 12.6 Å². The molecule has 1 aromatic carbocycles. The molecule has 10 heavy (non-hydrogen) atoms. The normalized spacial score (nSPS) is 10.0. The predicted octanol–water partition coefficient (Wildman–Crippen LogP) is 2.56. The fraction of sp³-hybridized carbons (Fsp3) is 0.143. The van der Waals surface area contributed by atoms with E-state index in [1.807, 2.05) is 0 Å². The van der Waals surface area contributed by atoms with Gasteiger partial charge in [0.05, 0.1) is 4.90 Å². The summed E-state index contributed by atoms with van der Waals surface area (Å²) in [6.45, 7) is 1.62. The molecule has 0 bridgehead atoms. The Morgan fingerprint density at radius 1 is 1.20 bits per heavy atom.